The smallest absolute Gasteiger partial charge is 0.124 e. The lowest BCUT2D eigenvalue weighted by molar-refractivity contribution is 0.173. The van der Waals surface area contributed by atoms with Gasteiger partial charge in [0.1, 0.15) is 6.23 Å². The van der Waals surface area contributed by atoms with E-state index in [1.165, 1.54) is 11.3 Å². The third kappa shape index (κ3) is 1.84. The molecule has 1 aliphatic rings. The van der Waals surface area contributed by atoms with Crippen molar-refractivity contribution >= 4 is 29.7 Å². The normalized spacial score (nSPS) is 23.6. The lowest BCUT2D eigenvalue weighted by Crippen LogP contribution is -2.43. The summed E-state index contributed by atoms with van der Waals surface area (Å²) >= 11 is 0. The molecule has 2 unspecified atom stereocenters. The summed E-state index contributed by atoms with van der Waals surface area (Å²) < 4.78 is 0. The first-order valence-corrected chi connectivity index (χ1v) is 5.52. The van der Waals surface area contributed by atoms with E-state index in [4.69, 9.17) is 0 Å². The number of nitrogens with zero attached hydrogens (tertiary/aromatic N) is 1. The molecule has 90 valence electrons. The summed E-state index contributed by atoms with van der Waals surface area (Å²) in [6.45, 7) is 8.47. The Morgan fingerprint density at radius 3 is 2.44 bits per heavy atom. The van der Waals surface area contributed by atoms with Gasteiger partial charge in [-0.25, -0.2) is 0 Å². The fourth-order valence-electron chi connectivity index (χ4n) is 2.55. The van der Waals surface area contributed by atoms with Gasteiger partial charge in [-0.3, -0.25) is 0 Å². The molecule has 0 amide bonds. The highest BCUT2D eigenvalue weighted by Crippen LogP contribution is 2.45. The van der Waals surface area contributed by atoms with Gasteiger partial charge in [0.25, 0.3) is 0 Å². The molecule has 0 radical (unpaired) electrons. The van der Waals surface area contributed by atoms with Crippen molar-refractivity contribution in [3.8, 4) is 0 Å². The van der Waals surface area contributed by atoms with Crippen molar-refractivity contribution in [1.29, 1.82) is 0 Å². The third-order valence-electron chi connectivity index (χ3n) is 3.74. The highest BCUT2D eigenvalue weighted by molar-refractivity contribution is 14.0. The Kier molecular flexibility index (Phi) is 3.90. The largest absolute Gasteiger partial charge is 0.374 e. The molecule has 1 aromatic carbocycles. The van der Waals surface area contributed by atoms with Gasteiger partial charge in [-0.05, 0) is 25.5 Å². The van der Waals surface area contributed by atoms with E-state index < -0.39 is 6.23 Å². The molecule has 1 N–H and O–H groups in total. The standard InChI is InChI=1S/C13H19NO.HI/c1-9-13(3,4)11-7-5-6-8-12(11)14(9)10(2)15;/h5-10,15H,1-4H3;1H. The Bertz CT molecular complexity index is 376. The fraction of sp³-hybridized carbons (Fsp3) is 0.538. The minimum absolute atomic E-state index is 0. The van der Waals surface area contributed by atoms with Gasteiger partial charge in [0.2, 0.25) is 0 Å². The maximum atomic E-state index is 9.83. The van der Waals surface area contributed by atoms with Crippen molar-refractivity contribution < 1.29 is 5.11 Å². The van der Waals surface area contributed by atoms with Crippen LogP contribution in [0.4, 0.5) is 5.69 Å². The van der Waals surface area contributed by atoms with E-state index in [0.717, 1.165) is 0 Å². The van der Waals surface area contributed by atoms with Crippen LogP contribution >= 0.6 is 24.0 Å². The lowest BCUT2D eigenvalue weighted by Gasteiger charge is -2.33. The summed E-state index contributed by atoms with van der Waals surface area (Å²) in [5.74, 6) is 0. The van der Waals surface area contributed by atoms with Crippen LogP contribution in [-0.4, -0.2) is 17.4 Å². The number of benzene rings is 1. The second-order valence-electron chi connectivity index (χ2n) is 4.95. The zero-order valence-electron chi connectivity index (χ0n) is 10.3. The maximum absolute atomic E-state index is 9.83. The molecule has 2 nitrogen and oxygen atoms in total. The average molecular weight is 333 g/mol. The Morgan fingerprint density at radius 2 is 1.88 bits per heavy atom. The summed E-state index contributed by atoms with van der Waals surface area (Å²) in [7, 11) is 0. The Hall–Kier alpha value is -0.290. The fourth-order valence-corrected chi connectivity index (χ4v) is 2.55. The van der Waals surface area contributed by atoms with E-state index in [2.05, 4.69) is 43.9 Å². The number of fused-ring (bicyclic) bond motifs is 1. The van der Waals surface area contributed by atoms with Crippen LogP contribution in [-0.2, 0) is 5.41 Å². The number of para-hydroxylation sites is 1. The summed E-state index contributed by atoms with van der Waals surface area (Å²) in [4.78, 5) is 2.09. The summed E-state index contributed by atoms with van der Waals surface area (Å²) in [5.41, 5.74) is 2.61. The first-order valence-electron chi connectivity index (χ1n) is 5.52. The zero-order valence-corrected chi connectivity index (χ0v) is 12.6. The van der Waals surface area contributed by atoms with Crippen molar-refractivity contribution in [3.05, 3.63) is 29.8 Å². The van der Waals surface area contributed by atoms with Crippen molar-refractivity contribution in [2.75, 3.05) is 4.90 Å². The molecule has 0 fully saturated rings. The van der Waals surface area contributed by atoms with Crippen LogP contribution in [0.25, 0.3) is 0 Å². The van der Waals surface area contributed by atoms with Crippen LogP contribution < -0.4 is 4.90 Å². The van der Waals surface area contributed by atoms with Gasteiger partial charge in [0, 0.05) is 17.1 Å². The molecule has 3 heteroatoms. The van der Waals surface area contributed by atoms with Crippen LogP contribution in [0.5, 0.6) is 0 Å². The van der Waals surface area contributed by atoms with Gasteiger partial charge in [-0.2, -0.15) is 0 Å². The molecule has 0 saturated heterocycles. The first kappa shape index (κ1) is 13.8. The molecule has 2 atom stereocenters. The van der Waals surface area contributed by atoms with Crippen LogP contribution in [0.15, 0.2) is 24.3 Å². The second-order valence-corrected chi connectivity index (χ2v) is 4.95. The minimum Gasteiger partial charge on any atom is -0.374 e. The number of aliphatic hydroxyl groups excluding tert-OH is 1. The minimum atomic E-state index is -0.428. The number of hydrogen-bond acceptors (Lipinski definition) is 2. The molecule has 1 aromatic rings. The average Bonchev–Trinajstić information content (AvgIpc) is 2.36. The molecule has 0 saturated carbocycles. The van der Waals surface area contributed by atoms with Crippen LogP contribution in [0, 0.1) is 0 Å². The first-order chi connectivity index (χ1) is 6.96. The van der Waals surface area contributed by atoms with Gasteiger partial charge in [0.15, 0.2) is 0 Å². The molecule has 2 rings (SSSR count). The van der Waals surface area contributed by atoms with E-state index in [9.17, 15) is 5.11 Å². The number of anilines is 1. The van der Waals surface area contributed by atoms with Crippen LogP contribution in [0.1, 0.15) is 33.3 Å². The lowest BCUT2D eigenvalue weighted by atomic mass is 9.81. The van der Waals surface area contributed by atoms with E-state index in [1.807, 2.05) is 13.0 Å². The van der Waals surface area contributed by atoms with Crippen LogP contribution in [0.2, 0.25) is 0 Å². The quantitative estimate of drug-likeness (QED) is 0.798. The van der Waals surface area contributed by atoms with Gasteiger partial charge in [-0.1, -0.05) is 32.0 Å². The molecular weight excluding hydrogens is 313 g/mol. The summed E-state index contributed by atoms with van der Waals surface area (Å²) in [6.07, 6.45) is -0.428. The predicted octanol–water partition coefficient (Wildman–Crippen LogP) is 3.13. The van der Waals surface area contributed by atoms with Crippen molar-refractivity contribution in [2.24, 2.45) is 0 Å². The number of rotatable bonds is 1. The van der Waals surface area contributed by atoms with Crippen molar-refractivity contribution in [3.63, 3.8) is 0 Å². The van der Waals surface area contributed by atoms with E-state index in [0.29, 0.717) is 6.04 Å². The Labute approximate surface area is 115 Å². The number of hydrogen-bond donors (Lipinski definition) is 1. The molecule has 1 aliphatic heterocycles. The molecule has 0 spiro atoms. The van der Waals surface area contributed by atoms with E-state index in [-0.39, 0.29) is 29.4 Å². The molecule has 0 aromatic heterocycles. The highest BCUT2D eigenvalue weighted by atomic mass is 127. The van der Waals surface area contributed by atoms with Crippen LogP contribution in [0.3, 0.4) is 0 Å². The van der Waals surface area contributed by atoms with Crippen molar-refractivity contribution in [1.82, 2.24) is 0 Å². The molecular formula is C13H20INO. The molecule has 0 bridgehead atoms. The number of halogens is 1. The maximum Gasteiger partial charge on any atom is 0.124 e. The summed E-state index contributed by atoms with van der Waals surface area (Å²) in [6, 6.07) is 8.68. The SMILES string of the molecule is CC(O)N1c2ccccc2C(C)(C)C1C.I. The molecule has 0 aliphatic carbocycles. The topological polar surface area (TPSA) is 23.5 Å². The monoisotopic (exact) mass is 333 g/mol. The Balaban J connectivity index is 0.00000128. The van der Waals surface area contributed by atoms with E-state index in [1.54, 1.807) is 0 Å². The zero-order chi connectivity index (χ0) is 11.2. The van der Waals surface area contributed by atoms with Crippen molar-refractivity contribution in [2.45, 2.75) is 45.4 Å². The van der Waals surface area contributed by atoms with E-state index >= 15 is 0 Å². The third-order valence-corrected chi connectivity index (χ3v) is 3.74. The van der Waals surface area contributed by atoms with Gasteiger partial charge < -0.3 is 10.0 Å². The van der Waals surface area contributed by atoms with Gasteiger partial charge in [0.05, 0.1) is 0 Å². The van der Waals surface area contributed by atoms with Gasteiger partial charge in [-0.15, -0.1) is 24.0 Å². The van der Waals surface area contributed by atoms with Gasteiger partial charge >= 0.3 is 0 Å². The second kappa shape index (κ2) is 4.53. The Morgan fingerprint density at radius 1 is 1.31 bits per heavy atom. The number of aliphatic hydroxyl groups is 1. The summed E-state index contributed by atoms with van der Waals surface area (Å²) in [5, 5.41) is 9.83. The highest BCUT2D eigenvalue weighted by Gasteiger charge is 2.42. The molecule has 1 heterocycles. The predicted molar refractivity (Wildman–Crippen MR) is 78.5 cm³/mol. The molecule has 16 heavy (non-hydrogen) atoms.